The van der Waals surface area contributed by atoms with Gasteiger partial charge >= 0.3 is 0 Å². The Bertz CT molecular complexity index is 488. The third-order valence-corrected chi connectivity index (χ3v) is 4.30. The van der Waals surface area contributed by atoms with Gasteiger partial charge < -0.3 is 5.73 Å². The summed E-state index contributed by atoms with van der Waals surface area (Å²) in [5.41, 5.74) is 5.84. The van der Waals surface area contributed by atoms with E-state index in [0.717, 1.165) is 6.42 Å². The van der Waals surface area contributed by atoms with E-state index in [-0.39, 0.29) is 16.5 Å². The van der Waals surface area contributed by atoms with E-state index in [1.807, 2.05) is 13.8 Å². The highest BCUT2D eigenvalue weighted by atomic mass is 35.5. The highest BCUT2D eigenvalue weighted by Crippen LogP contribution is 2.22. The number of hydrogen-bond donors (Lipinski definition) is 2. The second-order valence-corrected chi connectivity index (χ2v) is 6.22. The molecule has 0 bridgehead atoms. The summed E-state index contributed by atoms with van der Waals surface area (Å²) in [4.78, 5) is 0.0355. The minimum Gasteiger partial charge on any atom is -0.398 e. The molecule has 1 atom stereocenters. The SMILES string of the molecule is CCC(C)CNS(=O)(=O)c1cc(Cl)ccc1N. The molecular formula is C11H17ClN2O2S. The Morgan fingerprint density at radius 1 is 1.47 bits per heavy atom. The third kappa shape index (κ3) is 3.87. The minimum atomic E-state index is -3.58. The van der Waals surface area contributed by atoms with Crippen LogP contribution in [0.3, 0.4) is 0 Å². The van der Waals surface area contributed by atoms with Crippen LogP contribution >= 0.6 is 11.6 Å². The van der Waals surface area contributed by atoms with Crippen LogP contribution < -0.4 is 10.5 Å². The van der Waals surface area contributed by atoms with Gasteiger partial charge in [0.2, 0.25) is 10.0 Å². The van der Waals surface area contributed by atoms with Crippen molar-refractivity contribution in [2.75, 3.05) is 12.3 Å². The number of hydrogen-bond acceptors (Lipinski definition) is 3. The summed E-state index contributed by atoms with van der Waals surface area (Å²) < 4.78 is 26.5. The molecule has 0 amide bonds. The molecule has 0 heterocycles. The summed E-state index contributed by atoms with van der Waals surface area (Å²) in [6.07, 6.45) is 0.910. The van der Waals surface area contributed by atoms with Gasteiger partial charge in [0.25, 0.3) is 0 Å². The van der Waals surface area contributed by atoms with Crippen molar-refractivity contribution in [1.82, 2.24) is 4.72 Å². The summed E-state index contributed by atoms with van der Waals surface area (Å²) >= 11 is 5.77. The van der Waals surface area contributed by atoms with E-state index in [4.69, 9.17) is 17.3 Å². The smallest absolute Gasteiger partial charge is 0.242 e. The summed E-state index contributed by atoms with van der Waals surface area (Å²) in [6.45, 7) is 4.38. The largest absolute Gasteiger partial charge is 0.398 e. The molecule has 0 spiro atoms. The fourth-order valence-corrected chi connectivity index (χ4v) is 2.77. The lowest BCUT2D eigenvalue weighted by molar-refractivity contribution is 0.528. The highest BCUT2D eigenvalue weighted by molar-refractivity contribution is 7.89. The Balaban J connectivity index is 2.93. The molecule has 0 saturated carbocycles. The van der Waals surface area contributed by atoms with Crippen LogP contribution in [0.1, 0.15) is 20.3 Å². The van der Waals surface area contributed by atoms with E-state index in [2.05, 4.69) is 4.72 Å². The molecule has 0 aliphatic rings. The minimum absolute atomic E-state index is 0.0355. The quantitative estimate of drug-likeness (QED) is 0.810. The molecule has 1 aromatic carbocycles. The molecule has 6 heteroatoms. The number of sulfonamides is 1. The maximum atomic E-state index is 12.0. The standard InChI is InChI=1S/C11H17ClN2O2S/c1-3-8(2)7-14-17(15,16)11-6-9(12)4-5-10(11)13/h4-6,8,14H,3,7,13H2,1-2H3. The van der Waals surface area contributed by atoms with Gasteiger partial charge in [0, 0.05) is 11.6 Å². The number of halogens is 1. The number of benzene rings is 1. The molecular weight excluding hydrogens is 260 g/mol. The van der Waals surface area contributed by atoms with Crippen LogP contribution in [0, 0.1) is 5.92 Å². The Labute approximate surface area is 107 Å². The normalized spacial score (nSPS) is 13.6. The second kappa shape index (κ2) is 5.71. The number of nitrogen functional groups attached to an aromatic ring is 1. The van der Waals surface area contributed by atoms with Crippen LogP contribution in [0.5, 0.6) is 0 Å². The van der Waals surface area contributed by atoms with Gasteiger partial charge in [-0.2, -0.15) is 0 Å². The van der Waals surface area contributed by atoms with E-state index >= 15 is 0 Å². The van der Waals surface area contributed by atoms with Gasteiger partial charge in [-0.1, -0.05) is 31.9 Å². The first-order valence-corrected chi connectivity index (χ1v) is 7.27. The molecule has 1 unspecified atom stereocenters. The molecule has 1 aromatic rings. The van der Waals surface area contributed by atoms with Crippen molar-refractivity contribution in [1.29, 1.82) is 0 Å². The first-order valence-electron chi connectivity index (χ1n) is 5.41. The van der Waals surface area contributed by atoms with Gasteiger partial charge in [0.1, 0.15) is 4.90 Å². The van der Waals surface area contributed by atoms with Crippen molar-refractivity contribution in [2.24, 2.45) is 5.92 Å². The summed E-state index contributed by atoms with van der Waals surface area (Å²) in [7, 11) is -3.58. The van der Waals surface area contributed by atoms with Crippen LogP contribution in [-0.4, -0.2) is 15.0 Å². The fraction of sp³-hybridized carbons (Fsp3) is 0.455. The van der Waals surface area contributed by atoms with Gasteiger partial charge in [-0.25, -0.2) is 13.1 Å². The van der Waals surface area contributed by atoms with Gasteiger partial charge in [-0.15, -0.1) is 0 Å². The van der Waals surface area contributed by atoms with Crippen LogP contribution in [0.4, 0.5) is 5.69 Å². The van der Waals surface area contributed by atoms with E-state index in [9.17, 15) is 8.42 Å². The topological polar surface area (TPSA) is 72.2 Å². The van der Waals surface area contributed by atoms with Crippen LogP contribution in [0.25, 0.3) is 0 Å². The van der Waals surface area contributed by atoms with Crippen LogP contribution in [-0.2, 0) is 10.0 Å². The lowest BCUT2D eigenvalue weighted by atomic mass is 10.1. The molecule has 0 radical (unpaired) electrons. The van der Waals surface area contributed by atoms with Crippen molar-refractivity contribution in [3.63, 3.8) is 0 Å². The fourth-order valence-electron chi connectivity index (χ4n) is 1.21. The number of anilines is 1. The van der Waals surface area contributed by atoms with Crippen molar-refractivity contribution in [3.8, 4) is 0 Å². The molecule has 1 rings (SSSR count). The molecule has 4 nitrogen and oxygen atoms in total. The lowest BCUT2D eigenvalue weighted by Gasteiger charge is -2.12. The zero-order chi connectivity index (χ0) is 13.1. The Morgan fingerprint density at radius 2 is 2.12 bits per heavy atom. The van der Waals surface area contributed by atoms with Gasteiger partial charge in [-0.05, 0) is 24.1 Å². The van der Waals surface area contributed by atoms with Crippen molar-refractivity contribution >= 4 is 27.3 Å². The molecule has 0 fully saturated rings. The monoisotopic (exact) mass is 276 g/mol. The predicted octanol–water partition coefficient (Wildman–Crippen LogP) is 2.25. The molecule has 0 aliphatic carbocycles. The first-order chi connectivity index (χ1) is 7.86. The predicted molar refractivity (Wildman–Crippen MR) is 70.5 cm³/mol. The number of rotatable bonds is 5. The van der Waals surface area contributed by atoms with E-state index < -0.39 is 10.0 Å². The van der Waals surface area contributed by atoms with Crippen molar-refractivity contribution < 1.29 is 8.42 Å². The Hall–Kier alpha value is -0.780. The van der Waals surface area contributed by atoms with Gasteiger partial charge in [-0.3, -0.25) is 0 Å². The van der Waals surface area contributed by atoms with E-state index in [0.29, 0.717) is 11.6 Å². The number of nitrogens with two attached hydrogens (primary N) is 1. The first kappa shape index (κ1) is 14.3. The van der Waals surface area contributed by atoms with Crippen LogP contribution in [0.15, 0.2) is 23.1 Å². The Morgan fingerprint density at radius 3 is 2.71 bits per heavy atom. The zero-order valence-corrected chi connectivity index (χ0v) is 11.5. The maximum absolute atomic E-state index is 12.0. The molecule has 0 aromatic heterocycles. The number of nitrogens with one attached hydrogen (secondary N) is 1. The summed E-state index contributed by atoms with van der Waals surface area (Å²) in [5.74, 6) is 0.283. The second-order valence-electron chi connectivity index (χ2n) is 4.05. The lowest BCUT2D eigenvalue weighted by Crippen LogP contribution is -2.28. The highest BCUT2D eigenvalue weighted by Gasteiger charge is 2.18. The zero-order valence-electron chi connectivity index (χ0n) is 9.90. The molecule has 0 aliphatic heterocycles. The van der Waals surface area contributed by atoms with Crippen LogP contribution in [0.2, 0.25) is 5.02 Å². The van der Waals surface area contributed by atoms with E-state index in [1.165, 1.54) is 12.1 Å². The average molecular weight is 277 g/mol. The van der Waals surface area contributed by atoms with Crippen molar-refractivity contribution in [3.05, 3.63) is 23.2 Å². The molecule has 96 valence electrons. The molecule has 17 heavy (non-hydrogen) atoms. The van der Waals surface area contributed by atoms with E-state index in [1.54, 1.807) is 6.07 Å². The summed E-state index contributed by atoms with van der Waals surface area (Å²) in [6, 6.07) is 4.40. The Kier molecular flexibility index (Phi) is 4.80. The third-order valence-electron chi connectivity index (χ3n) is 2.58. The molecule has 3 N–H and O–H groups in total. The van der Waals surface area contributed by atoms with Crippen molar-refractivity contribution in [2.45, 2.75) is 25.2 Å². The molecule has 0 saturated heterocycles. The van der Waals surface area contributed by atoms with Gasteiger partial charge in [0.05, 0.1) is 5.69 Å². The summed E-state index contributed by atoms with van der Waals surface area (Å²) in [5, 5.41) is 0.350. The van der Waals surface area contributed by atoms with Gasteiger partial charge in [0.15, 0.2) is 0 Å². The maximum Gasteiger partial charge on any atom is 0.242 e. The average Bonchev–Trinajstić information content (AvgIpc) is 2.29.